The molecule has 0 aliphatic carbocycles. The Morgan fingerprint density at radius 1 is 1.50 bits per heavy atom. The minimum absolute atomic E-state index is 0.372. The molecule has 0 amide bonds. The fourth-order valence-electron chi connectivity index (χ4n) is 0.933. The first-order chi connectivity index (χ1) is 6.63. The third-order valence-electron chi connectivity index (χ3n) is 1.49. The van der Waals surface area contributed by atoms with Crippen LogP contribution in [0, 0.1) is 0 Å². The Morgan fingerprint density at radius 3 is 2.79 bits per heavy atom. The molecule has 0 bridgehead atoms. The van der Waals surface area contributed by atoms with Gasteiger partial charge in [-0.1, -0.05) is 29.3 Å². The highest BCUT2D eigenvalue weighted by atomic mass is 35.5. The molecular weight excluding hydrogens is 223 g/mol. The fourth-order valence-corrected chi connectivity index (χ4v) is 1.40. The topological polar surface area (TPSA) is 47.3 Å². The summed E-state index contributed by atoms with van der Waals surface area (Å²) >= 11 is 11.7. The van der Waals surface area contributed by atoms with E-state index in [-0.39, 0.29) is 0 Å². The summed E-state index contributed by atoms with van der Waals surface area (Å²) < 4.78 is 0. The predicted molar refractivity (Wildman–Crippen MR) is 58.8 cm³/mol. The maximum atomic E-state index is 5.92. The van der Waals surface area contributed by atoms with Crippen LogP contribution in [0.3, 0.4) is 0 Å². The average molecular weight is 233 g/mol. The van der Waals surface area contributed by atoms with Crippen molar-refractivity contribution in [3.05, 3.63) is 39.6 Å². The van der Waals surface area contributed by atoms with Gasteiger partial charge in [0.25, 0.3) is 0 Å². The lowest BCUT2D eigenvalue weighted by Crippen LogP contribution is -2.17. The molecule has 0 heterocycles. The highest BCUT2D eigenvalue weighted by Crippen LogP contribution is 2.22. The van der Waals surface area contributed by atoms with Gasteiger partial charge in [0.2, 0.25) is 0 Å². The Balaban J connectivity index is 2.91. The van der Waals surface area contributed by atoms with Gasteiger partial charge in [-0.05, 0) is 23.8 Å². The van der Waals surface area contributed by atoms with Crippen molar-refractivity contribution in [2.45, 2.75) is 0 Å². The summed E-state index contributed by atoms with van der Waals surface area (Å²) in [6, 6.07) is 5.16. The summed E-state index contributed by atoms with van der Waals surface area (Å²) in [6.07, 6.45) is 1.65. The number of nitrogens with one attached hydrogen (secondary N) is 1. The molecule has 0 unspecified atom stereocenters. The summed E-state index contributed by atoms with van der Waals surface area (Å²) in [7, 11) is 1.48. The van der Waals surface area contributed by atoms with Crippen LogP contribution < -0.4 is 11.2 Å². The van der Waals surface area contributed by atoms with Crippen molar-refractivity contribution in [2.24, 2.45) is 5.73 Å². The molecule has 0 aliphatic heterocycles. The zero-order valence-corrected chi connectivity index (χ0v) is 9.06. The summed E-state index contributed by atoms with van der Waals surface area (Å²) in [5.41, 5.74) is 8.82. The second-order valence-corrected chi connectivity index (χ2v) is 3.42. The van der Waals surface area contributed by atoms with Crippen LogP contribution in [0.4, 0.5) is 0 Å². The second-order valence-electron chi connectivity index (χ2n) is 2.57. The van der Waals surface area contributed by atoms with Crippen LogP contribution in [0.25, 0.3) is 6.08 Å². The van der Waals surface area contributed by atoms with Gasteiger partial charge in [0.05, 0.1) is 7.11 Å². The lowest BCUT2D eigenvalue weighted by molar-refractivity contribution is 0.117. The molecule has 0 aliphatic rings. The second kappa shape index (κ2) is 5.10. The van der Waals surface area contributed by atoms with Gasteiger partial charge in [-0.2, -0.15) is 0 Å². The van der Waals surface area contributed by atoms with E-state index in [9.17, 15) is 0 Å². The molecule has 1 aromatic carbocycles. The Labute approximate surface area is 92.4 Å². The van der Waals surface area contributed by atoms with E-state index in [2.05, 4.69) is 10.3 Å². The van der Waals surface area contributed by atoms with Crippen molar-refractivity contribution in [3.63, 3.8) is 0 Å². The Bertz CT molecular complexity index is 353. The molecule has 0 spiro atoms. The van der Waals surface area contributed by atoms with Crippen molar-refractivity contribution in [3.8, 4) is 0 Å². The molecule has 76 valence electrons. The summed E-state index contributed by atoms with van der Waals surface area (Å²) in [6.45, 7) is 0. The monoisotopic (exact) mass is 232 g/mol. The van der Waals surface area contributed by atoms with Gasteiger partial charge in [-0.25, -0.2) is 0 Å². The molecule has 0 fully saturated rings. The van der Waals surface area contributed by atoms with Crippen LogP contribution in [-0.2, 0) is 4.84 Å². The van der Waals surface area contributed by atoms with Crippen molar-refractivity contribution in [2.75, 3.05) is 7.11 Å². The normalized spacial score (nSPS) is 11.5. The van der Waals surface area contributed by atoms with Crippen LogP contribution in [0.5, 0.6) is 0 Å². The van der Waals surface area contributed by atoms with Crippen molar-refractivity contribution in [1.29, 1.82) is 0 Å². The quantitative estimate of drug-likeness (QED) is 0.788. The molecule has 14 heavy (non-hydrogen) atoms. The number of hydrogen-bond donors (Lipinski definition) is 2. The zero-order chi connectivity index (χ0) is 10.6. The maximum Gasteiger partial charge on any atom is 0.121 e. The number of hydrogen-bond acceptors (Lipinski definition) is 3. The molecule has 1 aromatic rings. The summed E-state index contributed by atoms with van der Waals surface area (Å²) in [5, 5.41) is 1.13. The highest BCUT2D eigenvalue weighted by molar-refractivity contribution is 6.35. The Kier molecular flexibility index (Phi) is 4.07. The first kappa shape index (κ1) is 11.2. The molecule has 5 heteroatoms. The van der Waals surface area contributed by atoms with Gasteiger partial charge in [-0.3, -0.25) is 10.3 Å². The van der Waals surface area contributed by atoms with Gasteiger partial charge in [0.1, 0.15) is 5.82 Å². The third kappa shape index (κ3) is 3.10. The van der Waals surface area contributed by atoms with E-state index in [0.717, 1.165) is 5.56 Å². The number of hydroxylamine groups is 1. The number of nitrogens with two attached hydrogens (primary N) is 1. The molecule has 3 N–H and O–H groups in total. The number of rotatable bonds is 3. The molecule has 0 radical (unpaired) electrons. The molecular formula is C9H10Cl2N2O. The standard InChI is InChI=1S/C9H10Cl2N2O/c1-14-13-9(12)4-6-2-3-7(10)5-8(6)11/h2-5,13H,12H2,1H3/b9-4-. The van der Waals surface area contributed by atoms with E-state index in [1.54, 1.807) is 24.3 Å². The van der Waals surface area contributed by atoms with E-state index in [1.807, 2.05) is 0 Å². The number of halogens is 2. The lowest BCUT2D eigenvalue weighted by Gasteiger charge is -2.03. The molecule has 0 saturated heterocycles. The predicted octanol–water partition coefficient (Wildman–Crippen LogP) is 2.40. The van der Waals surface area contributed by atoms with Crippen LogP contribution in [0.15, 0.2) is 24.0 Å². The minimum Gasteiger partial charge on any atom is -0.384 e. The van der Waals surface area contributed by atoms with E-state index in [1.165, 1.54) is 7.11 Å². The van der Waals surface area contributed by atoms with Crippen molar-refractivity contribution >= 4 is 29.3 Å². The highest BCUT2D eigenvalue weighted by Gasteiger charge is 1.98. The number of benzene rings is 1. The molecule has 0 saturated carbocycles. The van der Waals surface area contributed by atoms with E-state index < -0.39 is 0 Å². The first-order valence-corrected chi connectivity index (χ1v) is 4.60. The molecule has 0 atom stereocenters. The summed E-state index contributed by atoms with van der Waals surface area (Å²) in [5.74, 6) is 0.372. The fraction of sp³-hybridized carbons (Fsp3) is 0.111. The Hall–Kier alpha value is -0.900. The average Bonchev–Trinajstić information content (AvgIpc) is 2.10. The van der Waals surface area contributed by atoms with Crippen LogP contribution in [-0.4, -0.2) is 7.11 Å². The SMILES string of the molecule is CON/C(N)=C\c1ccc(Cl)cc1Cl. The van der Waals surface area contributed by atoms with Gasteiger partial charge in [0, 0.05) is 10.0 Å². The lowest BCUT2D eigenvalue weighted by atomic mass is 10.2. The minimum atomic E-state index is 0.372. The van der Waals surface area contributed by atoms with Gasteiger partial charge in [0.15, 0.2) is 0 Å². The molecule has 1 rings (SSSR count). The van der Waals surface area contributed by atoms with E-state index in [4.69, 9.17) is 28.9 Å². The Morgan fingerprint density at radius 2 is 2.21 bits per heavy atom. The largest absolute Gasteiger partial charge is 0.384 e. The van der Waals surface area contributed by atoms with E-state index >= 15 is 0 Å². The van der Waals surface area contributed by atoms with E-state index in [0.29, 0.717) is 15.9 Å². The van der Waals surface area contributed by atoms with Crippen molar-refractivity contribution in [1.82, 2.24) is 5.48 Å². The summed E-state index contributed by atoms with van der Waals surface area (Å²) in [4.78, 5) is 4.63. The molecule has 3 nitrogen and oxygen atoms in total. The third-order valence-corrected chi connectivity index (χ3v) is 2.06. The van der Waals surface area contributed by atoms with Gasteiger partial charge < -0.3 is 5.73 Å². The van der Waals surface area contributed by atoms with Crippen molar-refractivity contribution < 1.29 is 4.84 Å². The van der Waals surface area contributed by atoms with Crippen LogP contribution in [0.1, 0.15) is 5.56 Å². The van der Waals surface area contributed by atoms with Crippen LogP contribution >= 0.6 is 23.2 Å². The van der Waals surface area contributed by atoms with Crippen LogP contribution in [0.2, 0.25) is 10.0 Å². The van der Waals surface area contributed by atoms with Gasteiger partial charge in [-0.15, -0.1) is 0 Å². The molecule has 0 aromatic heterocycles. The van der Waals surface area contributed by atoms with Gasteiger partial charge >= 0.3 is 0 Å². The zero-order valence-electron chi connectivity index (χ0n) is 7.55. The maximum absolute atomic E-state index is 5.92. The smallest absolute Gasteiger partial charge is 0.121 e. The first-order valence-electron chi connectivity index (χ1n) is 3.84.